The lowest BCUT2D eigenvalue weighted by Crippen LogP contribution is -2.47. The summed E-state index contributed by atoms with van der Waals surface area (Å²) in [4.78, 5) is 22.5. The van der Waals surface area contributed by atoms with Crippen molar-refractivity contribution in [3.8, 4) is 11.1 Å². The van der Waals surface area contributed by atoms with Crippen LogP contribution in [-0.4, -0.2) is 26.9 Å². The van der Waals surface area contributed by atoms with E-state index in [1.54, 1.807) is 30.3 Å². The van der Waals surface area contributed by atoms with Crippen molar-refractivity contribution in [3.63, 3.8) is 0 Å². The number of aromatic nitrogens is 1. The molecule has 0 aliphatic carbocycles. The van der Waals surface area contributed by atoms with Crippen molar-refractivity contribution in [3.05, 3.63) is 92.9 Å². The van der Waals surface area contributed by atoms with Gasteiger partial charge in [-0.2, -0.15) is 13.2 Å². The van der Waals surface area contributed by atoms with Gasteiger partial charge in [0.2, 0.25) is 5.56 Å². The number of pyridine rings is 1. The van der Waals surface area contributed by atoms with Crippen LogP contribution in [0.3, 0.4) is 0 Å². The van der Waals surface area contributed by atoms with E-state index in [-0.39, 0.29) is 17.0 Å². The first-order chi connectivity index (χ1) is 15.3. The summed E-state index contributed by atoms with van der Waals surface area (Å²) < 4.78 is 43.4. The van der Waals surface area contributed by atoms with Crippen molar-refractivity contribution < 1.29 is 28.2 Å². The van der Waals surface area contributed by atoms with Crippen LogP contribution in [0.4, 0.5) is 13.2 Å². The van der Waals surface area contributed by atoms with E-state index in [1.807, 2.05) is 0 Å². The van der Waals surface area contributed by atoms with Gasteiger partial charge >= 0.3 is 12.1 Å². The number of hydrogen-bond acceptors (Lipinski definition) is 3. The highest BCUT2D eigenvalue weighted by atomic mass is 35.5. The average Bonchev–Trinajstić information content (AvgIpc) is 2.74. The van der Waals surface area contributed by atoms with Crippen molar-refractivity contribution in [1.82, 2.24) is 4.57 Å². The van der Waals surface area contributed by atoms with Gasteiger partial charge in [0, 0.05) is 35.8 Å². The third-order valence-corrected chi connectivity index (χ3v) is 6.02. The Balaban J connectivity index is 2.01. The van der Waals surface area contributed by atoms with Gasteiger partial charge in [-0.3, -0.25) is 9.59 Å². The van der Waals surface area contributed by atoms with E-state index in [9.17, 15) is 27.9 Å². The van der Waals surface area contributed by atoms with Gasteiger partial charge in [-0.05, 0) is 34.4 Å². The third kappa shape index (κ3) is 4.82. The fraction of sp³-hybridized carbons (Fsp3) is 0.250. The van der Waals surface area contributed by atoms with Crippen LogP contribution in [0.5, 0.6) is 0 Å². The summed E-state index contributed by atoms with van der Waals surface area (Å²) >= 11 is 6.36. The molecule has 2 N–H and O–H groups in total. The number of hydrogen-bond donors (Lipinski definition) is 2. The van der Waals surface area contributed by atoms with Gasteiger partial charge in [-0.15, -0.1) is 0 Å². The second-order valence-electron chi connectivity index (χ2n) is 7.86. The minimum atomic E-state index is -5.05. The standard InChI is InChI=1S/C24H21ClF3NO4/c1-14(23(33,24(26,27)28)18-8-10-21(30)29(2)13-18)19-9-7-17(12-20(19)25)16-5-3-15(4-6-16)11-22(31)32/h3-10,12-14,33H,11H2,1-2H3,(H,31,32)/t14-,23-/m0/s1. The monoisotopic (exact) mass is 479 g/mol. The molecule has 0 unspecified atom stereocenters. The van der Waals surface area contributed by atoms with Crippen LogP contribution in [0.25, 0.3) is 11.1 Å². The number of aryl methyl sites for hydroxylation is 1. The first kappa shape index (κ1) is 24.5. The first-order valence-corrected chi connectivity index (χ1v) is 10.3. The second kappa shape index (κ2) is 9.03. The fourth-order valence-electron chi connectivity index (χ4n) is 3.75. The Hall–Kier alpha value is -3.10. The zero-order valence-electron chi connectivity index (χ0n) is 17.7. The van der Waals surface area contributed by atoms with Crippen LogP contribution < -0.4 is 5.56 Å². The van der Waals surface area contributed by atoms with Gasteiger partial charge in [-0.25, -0.2) is 0 Å². The zero-order valence-corrected chi connectivity index (χ0v) is 18.5. The van der Waals surface area contributed by atoms with Crippen LogP contribution in [0.1, 0.15) is 29.5 Å². The molecular weight excluding hydrogens is 459 g/mol. The lowest BCUT2D eigenvalue weighted by molar-refractivity contribution is -0.274. The van der Waals surface area contributed by atoms with E-state index in [0.717, 1.165) is 22.9 Å². The predicted molar refractivity (Wildman–Crippen MR) is 118 cm³/mol. The molecule has 0 aliphatic heterocycles. The maximum absolute atomic E-state index is 14.1. The minimum Gasteiger partial charge on any atom is -0.481 e. The van der Waals surface area contributed by atoms with Crippen LogP contribution in [0, 0.1) is 0 Å². The molecule has 0 bridgehead atoms. The van der Waals surface area contributed by atoms with E-state index in [2.05, 4.69) is 0 Å². The normalized spacial score (nSPS) is 14.5. The number of alkyl halides is 3. The number of halogens is 4. The van der Waals surface area contributed by atoms with Crippen molar-refractivity contribution in [2.24, 2.45) is 7.05 Å². The summed E-state index contributed by atoms with van der Waals surface area (Å²) in [5, 5.41) is 19.8. The lowest BCUT2D eigenvalue weighted by Gasteiger charge is -2.37. The molecule has 1 heterocycles. The highest BCUT2D eigenvalue weighted by Gasteiger charge is 2.59. The van der Waals surface area contributed by atoms with Gasteiger partial charge in [0.1, 0.15) is 0 Å². The second-order valence-corrected chi connectivity index (χ2v) is 8.26. The summed E-state index contributed by atoms with van der Waals surface area (Å²) in [6.07, 6.45) is -4.21. The topological polar surface area (TPSA) is 79.5 Å². The SMILES string of the molecule is C[C@@H](c1ccc(-c2ccc(CC(=O)O)cc2)cc1Cl)[C@](O)(c1ccc(=O)n(C)c1)C(F)(F)F. The van der Waals surface area contributed by atoms with E-state index in [4.69, 9.17) is 16.7 Å². The summed E-state index contributed by atoms with van der Waals surface area (Å²) in [6.45, 7) is 1.22. The minimum absolute atomic E-state index is 0.0297. The number of carboxylic acids is 1. The third-order valence-electron chi connectivity index (χ3n) is 5.69. The van der Waals surface area contributed by atoms with Crippen molar-refractivity contribution >= 4 is 17.6 Å². The van der Waals surface area contributed by atoms with Gasteiger partial charge in [0.25, 0.3) is 0 Å². The van der Waals surface area contributed by atoms with E-state index in [1.165, 1.54) is 26.1 Å². The molecule has 0 aliphatic rings. The maximum atomic E-state index is 14.1. The number of rotatable bonds is 6. The Bertz CT molecular complexity index is 1240. The number of aliphatic hydroxyl groups is 1. The van der Waals surface area contributed by atoms with E-state index in [0.29, 0.717) is 16.7 Å². The Kier molecular flexibility index (Phi) is 6.72. The molecule has 0 fully saturated rings. The smallest absolute Gasteiger partial charge is 0.422 e. The molecule has 2 aromatic carbocycles. The Morgan fingerprint density at radius 2 is 1.67 bits per heavy atom. The Morgan fingerprint density at radius 3 is 2.18 bits per heavy atom. The number of aliphatic carboxylic acids is 1. The van der Waals surface area contributed by atoms with Gasteiger partial charge in [0.15, 0.2) is 5.60 Å². The molecule has 3 aromatic rings. The lowest BCUT2D eigenvalue weighted by atomic mass is 9.78. The molecule has 1 aromatic heterocycles. The summed E-state index contributed by atoms with van der Waals surface area (Å²) in [5.74, 6) is -2.45. The van der Waals surface area contributed by atoms with Gasteiger partial charge in [0.05, 0.1) is 6.42 Å². The molecule has 3 rings (SSSR count). The molecule has 33 heavy (non-hydrogen) atoms. The largest absolute Gasteiger partial charge is 0.481 e. The highest BCUT2D eigenvalue weighted by molar-refractivity contribution is 6.31. The molecule has 0 radical (unpaired) electrons. The first-order valence-electron chi connectivity index (χ1n) is 9.91. The Labute approximate surface area is 192 Å². The summed E-state index contributed by atoms with van der Waals surface area (Å²) in [6, 6.07) is 13.1. The molecule has 0 amide bonds. The van der Waals surface area contributed by atoms with Gasteiger partial charge < -0.3 is 14.8 Å². The molecule has 9 heteroatoms. The van der Waals surface area contributed by atoms with E-state index < -0.39 is 34.8 Å². The van der Waals surface area contributed by atoms with Crippen LogP contribution in [-0.2, 0) is 23.9 Å². The molecule has 2 atom stereocenters. The van der Waals surface area contributed by atoms with Crippen molar-refractivity contribution in [1.29, 1.82) is 0 Å². The molecule has 0 spiro atoms. The molecule has 174 valence electrons. The van der Waals surface area contributed by atoms with Crippen LogP contribution in [0.2, 0.25) is 5.02 Å². The quantitative estimate of drug-likeness (QED) is 0.528. The van der Waals surface area contributed by atoms with Crippen LogP contribution >= 0.6 is 11.6 Å². The average molecular weight is 480 g/mol. The van der Waals surface area contributed by atoms with Gasteiger partial charge in [-0.1, -0.05) is 54.9 Å². The number of benzene rings is 2. The zero-order chi connectivity index (χ0) is 24.6. The number of carbonyl (C=O) groups is 1. The number of nitrogens with zero attached hydrogens (tertiary/aromatic N) is 1. The molecule has 0 saturated carbocycles. The van der Waals surface area contributed by atoms with Crippen LogP contribution in [0.15, 0.2) is 65.6 Å². The van der Waals surface area contributed by atoms with Crippen molar-refractivity contribution in [2.75, 3.05) is 0 Å². The molecule has 0 saturated heterocycles. The fourth-order valence-corrected chi connectivity index (χ4v) is 4.10. The molecule has 5 nitrogen and oxygen atoms in total. The Morgan fingerprint density at radius 1 is 1.06 bits per heavy atom. The molecular formula is C24H21ClF3NO4. The summed E-state index contributed by atoms with van der Waals surface area (Å²) in [5.41, 5.74) is -2.26. The number of carboxylic acid groups (broad SMARTS) is 1. The van der Waals surface area contributed by atoms with Crippen molar-refractivity contribution in [2.45, 2.75) is 31.0 Å². The van der Waals surface area contributed by atoms with E-state index >= 15 is 0 Å². The summed E-state index contributed by atoms with van der Waals surface area (Å²) in [7, 11) is 1.30. The maximum Gasteiger partial charge on any atom is 0.422 e. The highest BCUT2D eigenvalue weighted by Crippen LogP contribution is 2.49. The predicted octanol–water partition coefficient (Wildman–Crippen LogP) is 4.89.